The van der Waals surface area contributed by atoms with E-state index in [9.17, 15) is 34.0 Å². The molecule has 0 bridgehead atoms. The monoisotopic (exact) mass is 857 g/mol. The molecule has 0 aromatic heterocycles. The number of quaternary nitrogens is 1. The third kappa shape index (κ3) is 33.3. The molecule has 16 heteroatoms. The number of urea groups is 1. The van der Waals surface area contributed by atoms with Crippen LogP contribution in [0.5, 0.6) is 0 Å². The summed E-state index contributed by atoms with van der Waals surface area (Å²) in [5.74, 6) is -0.924. The fourth-order valence-electron chi connectivity index (χ4n) is 6.22. The number of likely N-dealkylation sites (N-methyl/N-ethyl adjacent to an activating group) is 1. The fraction of sp³-hybridized carbons (Fsp3) is 0.791. The number of carbonyl (C=O) groups is 3. The second kappa shape index (κ2) is 33.6. The summed E-state index contributed by atoms with van der Waals surface area (Å²) in [5, 5.41) is 16.2. The van der Waals surface area contributed by atoms with Crippen molar-refractivity contribution in [2.24, 2.45) is 0 Å². The molecule has 2 N–H and O–H groups in total. The Morgan fingerprint density at radius 1 is 0.695 bits per heavy atom. The molecular weight excluding hydrogens is 779 g/mol. The van der Waals surface area contributed by atoms with Crippen molar-refractivity contribution in [1.82, 2.24) is 5.32 Å². The van der Waals surface area contributed by atoms with Crippen molar-refractivity contribution in [3.63, 3.8) is 0 Å². The predicted octanol–water partition coefficient (Wildman–Crippen LogP) is 9.76. The number of ether oxygens (including phenoxy) is 2. The number of nitrogens with zero attached hydrogens (tertiary/aromatic N) is 2. The van der Waals surface area contributed by atoms with E-state index < -0.39 is 37.4 Å². The summed E-state index contributed by atoms with van der Waals surface area (Å²) in [4.78, 5) is 59.8. The number of unbranched alkanes of at least 4 members (excludes halogenated alkanes) is 20. The fourth-order valence-corrected chi connectivity index (χ4v) is 6.95. The van der Waals surface area contributed by atoms with Crippen molar-refractivity contribution >= 4 is 37.2 Å². The van der Waals surface area contributed by atoms with Crippen molar-refractivity contribution in [2.75, 3.05) is 59.4 Å². The van der Waals surface area contributed by atoms with Crippen molar-refractivity contribution < 1.29 is 51.8 Å². The first-order valence-corrected chi connectivity index (χ1v) is 23.7. The van der Waals surface area contributed by atoms with Crippen LogP contribution in [0.2, 0.25) is 0 Å². The summed E-state index contributed by atoms with van der Waals surface area (Å²) in [6.45, 7) is 2.35. The van der Waals surface area contributed by atoms with Crippen LogP contribution in [0.15, 0.2) is 24.3 Å². The quantitative estimate of drug-likeness (QED) is 0.0160. The van der Waals surface area contributed by atoms with Gasteiger partial charge in [0, 0.05) is 37.2 Å². The number of amides is 2. The highest BCUT2D eigenvalue weighted by Gasteiger charge is 2.22. The van der Waals surface area contributed by atoms with E-state index in [2.05, 4.69) is 17.6 Å². The highest BCUT2D eigenvalue weighted by molar-refractivity contribution is 7.45. The number of anilines is 1. The maximum absolute atomic E-state index is 12.7. The van der Waals surface area contributed by atoms with E-state index in [1.807, 2.05) is 21.1 Å². The van der Waals surface area contributed by atoms with Gasteiger partial charge in [0.25, 0.3) is 13.5 Å². The second-order valence-corrected chi connectivity index (χ2v) is 17.9. The number of non-ortho nitro benzene ring substituents is 1. The maximum Gasteiger partial charge on any atom is 0.319 e. The zero-order chi connectivity index (χ0) is 43.6. The number of esters is 2. The SMILES string of the molecule is CCCCCCCCCCCCCCCC(=O)OC[C@H](COP(=O)([O-])OCC[N+](C)(C)C)OC(=O)CCCCCCCCCCCNC(=O)Nc1ccc([N+](=O)[O-])cc1. The van der Waals surface area contributed by atoms with Crippen molar-refractivity contribution in [3.8, 4) is 0 Å². The number of carbonyl (C=O) groups excluding carboxylic acids is 3. The van der Waals surface area contributed by atoms with Gasteiger partial charge in [0.2, 0.25) is 0 Å². The Labute approximate surface area is 354 Å². The van der Waals surface area contributed by atoms with Gasteiger partial charge >= 0.3 is 18.0 Å². The van der Waals surface area contributed by atoms with Gasteiger partial charge in [0.1, 0.15) is 19.8 Å². The minimum Gasteiger partial charge on any atom is -0.756 e. The molecule has 0 heterocycles. The number of hydrogen-bond donors (Lipinski definition) is 2. The van der Waals surface area contributed by atoms with E-state index in [1.54, 1.807) is 0 Å². The molecule has 0 aliphatic rings. The number of rotatable bonds is 38. The molecular formula is C43H77N4O11P. The van der Waals surface area contributed by atoms with Crippen LogP contribution in [0, 0.1) is 10.1 Å². The molecule has 1 unspecified atom stereocenters. The lowest BCUT2D eigenvalue weighted by molar-refractivity contribution is -0.870. The molecule has 340 valence electrons. The predicted molar refractivity (Wildman–Crippen MR) is 230 cm³/mol. The molecule has 15 nitrogen and oxygen atoms in total. The third-order valence-corrected chi connectivity index (χ3v) is 10.8. The summed E-state index contributed by atoms with van der Waals surface area (Å²) in [5.41, 5.74) is 0.447. The van der Waals surface area contributed by atoms with E-state index in [-0.39, 0.29) is 37.8 Å². The number of phosphoric ester groups is 1. The zero-order valence-electron chi connectivity index (χ0n) is 36.7. The molecule has 0 spiro atoms. The molecule has 2 atom stereocenters. The number of hydrogen-bond acceptors (Lipinski definition) is 11. The van der Waals surface area contributed by atoms with Crippen LogP contribution in [-0.4, -0.2) is 87.5 Å². The molecule has 1 aromatic carbocycles. The Balaban J connectivity index is 2.26. The Morgan fingerprint density at radius 3 is 1.66 bits per heavy atom. The second-order valence-electron chi connectivity index (χ2n) is 16.5. The van der Waals surface area contributed by atoms with E-state index in [4.69, 9.17) is 18.5 Å². The largest absolute Gasteiger partial charge is 0.756 e. The highest BCUT2D eigenvalue weighted by atomic mass is 31.2. The minimum absolute atomic E-state index is 0.0373. The van der Waals surface area contributed by atoms with Gasteiger partial charge in [-0.05, 0) is 31.4 Å². The zero-order valence-corrected chi connectivity index (χ0v) is 37.6. The Bertz CT molecular complexity index is 1330. The van der Waals surface area contributed by atoms with E-state index in [1.165, 1.54) is 82.1 Å². The molecule has 1 rings (SSSR count). The summed E-state index contributed by atoms with van der Waals surface area (Å²) in [7, 11) is 1.06. The summed E-state index contributed by atoms with van der Waals surface area (Å²) >= 11 is 0. The Kier molecular flexibility index (Phi) is 30.7. The van der Waals surface area contributed by atoms with Crippen molar-refractivity contribution in [2.45, 2.75) is 167 Å². The molecule has 0 radical (unpaired) electrons. The summed E-state index contributed by atoms with van der Waals surface area (Å²) in [6.07, 6.45) is 23.4. The van der Waals surface area contributed by atoms with Gasteiger partial charge in [0.15, 0.2) is 6.10 Å². The number of phosphoric acid groups is 1. The van der Waals surface area contributed by atoms with Gasteiger partial charge in [-0.2, -0.15) is 0 Å². The van der Waals surface area contributed by atoms with Gasteiger partial charge in [-0.1, -0.05) is 129 Å². The third-order valence-electron chi connectivity index (χ3n) is 9.82. The van der Waals surface area contributed by atoms with Crippen LogP contribution in [-0.2, 0) is 32.7 Å². The van der Waals surface area contributed by atoms with Crippen molar-refractivity contribution in [1.29, 1.82) is 0 Å². The average Bonchev–Trinajstić information content (AvgIpc) is 3.17. The van der Waals surface area contributed by atoms with E-state index in [0.29, 0.717) is 36.1 Å². The lowest BCUT2D eigenvalue weighted by Gasteiger charge is -2.28. The van der Waals surface area contributed by atoms with Gasteiger partial charge in [-0.15, -0.1) is 0 Å². The minimum atomic E-state index is -4.66. The molecule has 1 aromatic rings. The smallest absolute Gasteiger partial charge is 0.319 e. The summed E-state index contributed by atoms with van der Waals surface area (Å²) < 4.78 is 33.8. The van der Waals surface area contributed by atoms with E-state index >= 15 is 0 Å². The van der Waals surface area contributed by atoms with Crippen LogP contribution in [0.25, 0.3) is 0 Å². The van der Waals surface area contributed by atoms with Crippen molar-refractivity contribution in [3.05, 3.63) is 34.4 Å². The number of nitro benzene ring substituents is 1. The molecule has 2 amide bonds. The van der Waals surface area contributed by atoms with Crippen LogP contribution < -0.4 is 15.5 Å². The molecule has 0 aliphatic carbocycles. The van der Waals surface area contributed by atoms with Crippen LogP contribution in [0.1, 0.15) is 161 Å². The summed E-state index contributed by atoms with van der Waals surface area (Å²) in [6, 6.07) is 5.30. The Morgan fingerprint density at radius 2 is 1.17 bits per heavy atom. The first-order valence-electron chi connectivity index (χ1n) is 22.3. The van der Waals surface area contributed by atoms with Crippen LogP contribution >= 0.6 is 7.82 Å². The number of benzene rings is 1. The molecule has 0 aliphatic heterocycles. The van der Waals surface area contributed by atoms with Gasteiger partial charge < -0.3 is 38.5 Å². The highest BCUT2D eigenvalue weighted by Crippen LogP contribution is 2.38. The molecule has 0 saturated carbocycles. The lowest BCUT2D eigenvalue weighted by atomic mass is 10.0. The lowest BCUT2D eigenvalue weighted by Crippen LogP contribution is -2.37. The topological polar surface area (TPSA) is 195 Å². The average molecular weight is 857 g/mol. The van der Waals surface area contributed by atoms with Gasteiger partial charge in [-0.3, -0.25) is 24.3 Å². The maximum atomic E-state index is 12.7. The Hall–Kier alpha value is -3.10. The normalized spacial score (nSPS) is 13.0. The first-order chi connectivity index (χ1) is 28.2. The van der Waals surface area contributed by atoms with Gasteiger partial charge in [-0.25, -0.2) is 4.79 Å². The molecule has 59 heavy (non-hydrogen) atoms. The number of nitrogens with one attached hydrogen (secondary N) is 2. The number of nitro groups is 1. The van der Waals surface area contributed by atoms with E-state index in [0.717, 1.165) is 70.6 Å². The van der Waals surface area contributed by atoms with Crippen LogP contribution in [0.4, 0.5) is 16.2 Å². The molecule has 0 fully saturated rings. The first kappa shape index (κ1) is 53.9. The van der Waals surface area contributed by atoms with Crippen LogP contribution in [0.3, 0.4) is 0 Å². The van der Waals surface area contributed by atoms with Gasteiger partial charge in [0.05, 0.1) is 32.7 Å². The standard InChI is InChI=1S/C43H77N4O11P/c1-5-6-7-8-9-10-11-12-13-15-18-21-24-27-41(48)55-36-40(37-57-59(53,54)56-35-34-47(2,3)4)58-42(49)28-25-22-19-16-14-17-20-23-26-33-44-43(50)45-38-29-31-39(32-30-38)46(51)52/h29-32,40H,5-28,33-37H2,1-4H3,(H2-,44,45,50,53,54)/t40-/m1/s1. The molecule has 0 saturated heterocycles.